The SMILES string of the molecule is CC(C)C(C)(O)CNC(=O)C1C(C)(C)C1(C)C. The second-order valence-electron chi connectivity index (χ2n) is 7.11. The highest BCUT2D eigenvalue weighted by atomic mass is 16.3. The van der Waals surface area contributed by atoms with Crippen molar-refractivity contribution in [1.82, 2.24) is 5.32 Å². The molecule has 0 saturated heterocycles. The summed E-state index contributed by atoms with van der Waals surface area (Å²) in [7, 11) is 0. The van der Waals surface area contributed by atoms with Gasteiger partial charge in [-0.25, -0.2) is 0 Å². The Hall–Kier alpha value is -0.570. The molecule has 0 bridgehead atoms. The van der Waals surface area contributed by atoms with Crippen LogP contribution < -0.4 is 5.32 Å². The van der Waals surface area contributed by atoms with Crippen molar-refractivity contribution in [3.8, 4) is 0 Å². The van der Waals surface area contributed by atoms with E-state index in [9.17, 15) is 9.90 Å². The molecule has 2 N–H and O–H groups in total. The molecule has 3 heteroatoms. The van der Waals surface area contributed by atoms with Gasteiger partial charge in [0, 0.05) is 12.5 Å². The molecular weight excluding hydrogens is 214 g/mol. The lowest BCUT2D eigenvalue weighted by atomic mass is 9.92. The van der Waals surface area contributed by atoms with E-state index in [-0.39, 0.29) is 28.6 Å². The van der Waals surface area contributed by atoms with Crippen molar-refractivity contribution < 1.29 is 9.90 Å². The van der Waals surface area contributed by atoms with Crippen molar-refractivity contribution >= 4 is 5.91 Å². The third kappa shape index (κ3) is 2.35. The molecule has 0 radical (unpaired) electrons. The first-order valence-electron chi connectivity index (χ1n) is 6.44. The summed E-state index contributed by atoms with van der Waals surface area (Å²) in [5.41, 5.74) is -0.722. The minimum absolute atomic E-state index is 0.0537. The predicted molar refractivity (Wildman–Crippen MR) is 69.5 cm³/mol. The second kappa shape index (κ2) is 3.98. The van der Waals surface area contributed by atoms with E-state index in [1.165, 1.54) is 0 Å². The number of carbonyl (C=O) groups excluding carboxylic acids is 1. The molecule has 0 aliphatic heterocycles. The highest BCUT2D eigenvalue weighted by Gasteiger charge is 2.68. The van der Waals surface area contributed by atoms with E-state index in [2.05, 4.69) is 33.0 Å². The first-order chi connectivity index (χ1) is 7.44. The van der Waals surface area contributed by atoms with Gasteiger partial charge in [-0.05, 0) is 23.7 Å². The van der Waals surface area contributed by atoms with E-state index in [0.717, 1.165) is 0 Å². The summed E-state index contributed by atoms with van der Waals surface area (Å²) in [6.45, 7) is 14.5. The Morgan fingerprint density at radius 3 is 2.00 bits per heavy atom. The normalized spacial score (nSPS) is 25.5. The van der Waals surface area contributed by atoms with Crippen LogP contribution in [0.25, 0.3) is 0 Å². The Bertz CT molecular complexity index is 302. The van der Waals surface area contributed by atoms with Crippen LogP contribution in [0.5, 0.6) is 0 Å². The number of aliphatic hydroxyl groups is 1. The van der Waals surface area contributed by atoms with Gasteiger partial charge >= 0.3 is 0 Å². The van der Waals surface area contributed by atoms with Crippen LogP contribution >= 0.6 is 0 Å². The molecular formula is C14H27NO2. The maximum Gasteiger partial charge on any atom is 0.224 e. The van der Waals surface area contributed by atoms with Crippen LogP contribution in [0.2, 0.25) is 0 Å². The Balaban J connectivity index is 2.54. The van der Waals surface area contributed by atoms with Crippen LogP contribution in [0.4, 0.5) is 0 Å². The summed E-state index contributed by atoms with van der Waals surface area (Å²) >= 11 is 0. The molecule has 3 nitrogen and oxygen atoms in total. The minimum Gasteiger partial charge on any atom is -0.388 e. The Labute approximate surface area is 105 Å². The van der Waals surface area contributed by atoms with Gasteiger partial charge in [-0.2, -0.15) is 0 Å². The molecule has 0 spiro atoms. The lowest BCUT2D eigenvalue weighted by Crippen LogP contribution is -2.45. The van der Waals surface area contributed by atoms with Crippen LogP contribution in [0.15, 0.2) is 0 Å². The number of hydrogen-bond acceptors (Lipinski definition) is 2. The number of nitrogens with one attached hydrogen (secondary N) is 1. The zero-order chi connectivity index (χ0) is 13.6. The molecule has 1 amide bonds. The molecule has 0 heterocycles. The average molecular weight is 241 g/mol. The van der Waals surface area contributed by atoms with Gasteiger partial charge in [-0.1, -0.05) is 41.5 Å². The summed E-state index contributed by atoms with van der Waals surface area (Å²) in [5.74, 6) is 0.252. The summed E-state index contributed by atoms with van der Waals surface area (Å²) in [6.07, 6.45) is 0. The Kier molecular flexibility index (Phi) is 3.39. The quantitative estimate of drug-likeness (QED) is 0.792. The molecule has 1 aliphatic carbocycles. The van der Waals surface area contributed by atoms with E-state index in [1.807, 2.05) is 13.8 Å². The number of carbonyl (C=O) groups is 1. The van der Waals surface area contributed by atoms with E-state index < -0.39 is 5.60 Å². The van der Waals surface area contributed by atoms with Gasteiger partial charge < -0.3 is 10.4 Å². The summed E-state index contributed by atoms with van der Waals surface area (Å²) < 4.78 is 0. The topological polar surface area (TPSA) is 49.3 Å². The fraction of sp³-hybridized carbons (Fsp3) is 0.929. The molecule has 1 unspecified atom stereocenters. The molecule has 0 aromatic heterocycles. The van der Waals surface area contributed by atoms with Crippen molar-refractivity contribution in [2.24, 2.45) is 22.7 Å². The lowest BCUT2D eigenvalue weighted by Gasteiger charge is -2.28. The molecule has 0 aromatic carbocycles. The van der Waals surface area contributed by atoms with Crippen LogP contribution in [0.3, 0.4) is 0 Å². The summed E-state index contributed by atoms with van der Waals surface area (Å²) in [6, 6.07) is 0. The van der Waals surface area contributed by atoms with E-state index >= 15 is 0 Å². The van der Waals surface area contributed by atoms with Gasteiger partial charge in [0.15, 0.2) is 0 Å². The molecule has 1 rings (SSSR count). The molecule has 1 aliphatic rings. The highest BCUT2D eigenvalue weighted by Crippen LogP contribution is 2.68. The van der Waals surface area contributed by atoms with Crippen molar-refractivity contribution in [1.29, 1.82) is 0 Å². The largest absolute Gasteiger partial charge is 0.388 e. The van der Waals surface area contributed by atoms with Crippen molar-refractivity contribution in [2.45, 2.75) is 54.1 Å². The molecule has 17 heavy (non-hydrogen) atoms. The van der Waals surface area contributed by atoms with E-state index in [0.29, 0.717) is 6.54 Å². The van der Waals surface area contributed by atoms with Gasteiger partial charge in [0.1, 0.15) is 0 Å². The van der Waals surface area contributed by atoms with Gasteiger partial charge in [0.05, 0.1) is 5.60 Å². The lowest BCUT2D eigenvalue weighted by molar-refractivity contribution is -0.125. The highest BCUT2D eigenvalue weighted by molar-refractivity contribution is 5.84. The van der Waals surface area contributed by atoms with Crippen molar-refractivity contribution in [3.63, 3.8) is 0 Å². The first-order valence-corrected chi connectivity index (χ1v) is 6.44. The minimum atomic E-state index is -0.834. The van der Waals surface area contributed by atoms with Crippen molar-refractivity contribution in [2.75, 3.05) is 6.54 Å². The fourth-order valence-corrected chi connectivity index (χ4v) is 2.42. The third-order valence-corrected chi connectivity index (χ3v) is 5.15. The van der Waals surface area contributed by atoms with Crippen LogP contribution in [0.1, 0.15) is 48.5 Å². The van der Waals surface area contributed by atoms with Gasteiger partial charge in [-0.3, -0.25) is 4.79 Å². The number of hydrogen-bond donors (Lipinski definition) is 2. The van der Waals surface area contributed by atoms with E-state index in [4.69, 9.17) is 0 Å². The average Bonchev–Trinajstić information content (AvgIpc) is 2.54. The molecule has 0 aromatic rings. The van der Waals surface area contributed by atoms with Crippen LogP contribution in [0, 0.1) is 22.7 Å². The first kappa shape index (κ1) is 14.5. The zero-order valence-corrected chi connectivity index (χ0v) is 12.2. The second-order valence-corrected chi connectivity index (χ2v) is 7.11. The Morgan fingerprint density at radius 1 is 1.29 bits per heavy atom. The smallest absolute Gasteiger partial charge is 0.224 e. The third-order valence-electron chi connectivity index (χ3n) is 5.15. The molecule has 1 atom stereocenters. The summed E-state index contributed by atoms with van der Waals surface area (Å²) in [5, 5.41) is 13.0. The van der Waals surface area contributed by atoms with Gasteiger partial charge in [-0.15, -0.1) is 0 Å². The number of rotatable bonds is 4. The van der Waals surface area contributed by atoms with Gasteiger partial charge in [0.25, 0.3) is 0 Å². The van der Waals surface area contributed by atoms with Gasteiger partial charge in [0.2, 0.25) is 5.91 Å². The van der Waals surface area contributed by atoms with E-state index in [1.54, 1.807) is 6.92 Å². The Morgan fingerprint density at radius 2 is 1.71 bits per heavy atom. The number of amides is 1. The predicted octanol–water partition coefficient (Wildman–Crippen LogP) is 2.19. The maximum absolute atomic E-state index is 12.1. The fourth-order valence-electron chi connectivity index (χ4n) is 2.42. The molecule has 1 fully saturated rings. The van der Waals surface area contributed by atoms with Crippen molar-refractivity contribution in [3.05, 3.63) is 0 Å². The monoisotopic (exact) mass is 241 g/mol. The summed E-state index contributed by atoms with van der Waals surface area (Å²) in [4.78, 5) is 12.1. The van der Waals surface area contributed by atoms with Crippen LogP contribution in [-0.4, -0.2) is 23.2 Å². The molecule has 1 saturated carbocycles. The molecule has 100 valence electrons. The van der Waals surface area contributed by atoms with Crippen LogP contribution in [-0.2, 0) is 4.79 Å². The maximum atomic E-state index is 12.1. The zero-order valence-electron chi connectivity index (χ0n) is 12.2. The standard InChI is InChI=1S/C14H27NO2/c1-9(2)14(7,17)8-15-11(16)10-12(3,4)13(10,5)6/h9-10,17H,8H2,1-7H3,(H,15,16).